The second-order valence-corrected chi connectivity index (χ2v) is 5.45. The van der Waals surface area contributed by atoms with Crippen LogP contribution in [-0.4, -0.2) is 29.1 Å². The maximum absolute atomic E-state index is 11.1. The molecule has 0 bridgehead atoms. The number of pyridine rings is 1. The molecular formula is C14H19ClN2O2. The lowest BCUT2D eigenvalue weighted by Crippen LogP contribution is -2.34. The van der Waals surface area contributed by atoms with Crippen molar-refractivity contribution in [3.63, 3.8) is 0 Å². The van der Waals surface area contributed by atoms with Gasteiger partial charge in [0.05, 0.1) is 10.6 Å². The smallest absolute Gasteiger partial charge is 0.337 e. The van der Waals surface area contributed by atoms with Gasteiger partial charge in [0, 0.05) is 19.3 Å². The molecule has 0 amide bonds. The number of anilines is 1. The Kier molecular flexibility index (Phi) is 4.64. The summed E-state index contributed by atoms with van der Waals surface area (Å²) in [5.41, 5.74) is 0.127. The van der Waals surface area contributed by atoms with E-state index < -0.39 is 5.97 Å². The Hall–Kier alpha value is -1.29. The molecule has 104 valence electrons. The lowest BCUT2D eigenvalue weighted by Gasteiger charge is -2.32. The van der Waals surface area contributed by atoms with Gasteiger partial charge in [-0.05, 0) is 24.8 Å². The number of halogens is 1. The van der Waals surface area contributed by atoms with Crippen LogP contribution in [0, 0.1) is 5.92 Å². The van der Waals surface area contributed by atoms with Crippen LogP contribution >= 0.6 is 11.6 Å². The molecule has 0 aliphatic carbocycles. The molecule has 0 aromatic carbocycles. The monoisotopic (exact) mass is 282 g/mol. The predicted octanol–water partition coefficient (Wildman–Crippen LogP) is 3.45. The van der Waals surface area contributed by atoms with E-state index in [1.807, 2.05) is 0 Å². The van der Waals surface area contributed by atoms with Crippen LogP contribution in [0.4, 0.5) is 5.82 Å². The summed E-state index contributed by atoms with van der Waals surface area (Å²) in [5.74, 6) is 0.513. The van der Waals surface area contributed by atoms with Gasteiger partial charge in [-0.3, -0.25) is 0 Å². The first-order valence-corrected chi connectivity index (χ1v) is 7.13. The summed E-state index contributed by atoms with van der Waals surface area (Å²) in [5, 5.41) is 9.26. The minimum Gasteiger partial charge on any atom is -0.478 e. The number of hydrogen-bond acceptors (Lipinski definition) is 3. The van der Waals surface area contributed by atoms with Crippen LogP contribution in [0.2, 0.25) is 5.02 Å². The second-order valence-electron chi connectivity index (χ2n) is 5.05. The Morgan fingerprint density at radius 3 is 2.79 bits per heavy atom. The zero-order valence-corrected chi connectivity index (χ0v) is 11.9. The van der Waals surface area contributed by atoms with Gasteiger partial charge in [0.2, 0.25) is 0 Å². The molecule has 1 saturated heterocycles. The minimum atomic E-state index is -1.01. The number of hydrogen-bond donors (Lipinski definition) is 1. The van der Waals surface area contributed by atoms with Gasteiger partial charge >= 0.3 is 5.97 Å². The van der Waals surface area contributed by atoms with Crippen molar-refractivity contribution in [3.8, 4) is 0 Å². The van der Waals surface area contributed by atoms with Gasteiger partial charge < -0.3 is 10.0 Å². The molecule has 0 atom stereocenters. The van der Waals surface area contributed by atoms with E-state index in [-0.39, 0.29) is 10.6 Å². The molecule has 1 aliphatic rings. The molecule has 5 heteroatoms. The van der Waals surface area contributed by atoms with Gasteiger partial charge in [0.25, 0.3) is 0 Å². The van der Waals surface area contributed by atoms with Crippen molar-refractivity contribution in [1.29, 1.82) is 0 Å². The van der Waals surface area contributed by atoms with Crippen molar-refractivity contribution >= 4 is 23.4 Å². The summed E-state index contributed by atoms with van der Waals surface area (Å²) < 4.78 is 0. The summed E-state index contributed by atoms with van der Waals surface area (Å²) in [7, 11) is 0. The van der Waals surface area contributed by atoms with E-state index >= 15 is 0 Å². The van der Waals surface area contributed by atoms with E-state index in [1.54, 1.807) is 6.07 Å². The number of nitrogens with zero attached hydrogens (tertiary/aromatic N) is 2. The van der Waals surface area contributed by atoms with E-state index in [4.69, 9.17) is 16.7 Å². The largest absolute Gasteiger partial charge is 0.478 e. The van der Waals surface area contributed by atoms with E-state index in [0.717, 1.165) is 37.7 Å². The maximum atomic E-state index is 11.1. The molecule has 0 unspecified atom stereocenters. The Labute approximate surface area is 118 Å². The van der Waals surface area contributed by atoms with Gasteiger partial charge in [-0.2, -0.15) is 0 Å². The first-order valence-electron chi connectivity index (χ1n) is 6.75. The average Bonchev–Trinajstić information content (AvgIpc) is 2.40. The fraction of sp³-hybridized carbons (Fsp3) is 0.571. The number of rotatable bonds is 4. The first-order chi connectivity index (χ1) is 9.11. The van der Waals surface area contributed by atoms with E-state index in [2.05, 4.69) is 16.8 Å². The second kappa shape index (κ2) is 6.24. The van der Waals surface area contributed by atoms with Gasteiger partial charge in [0.15, 0.2) is 0 Å². The highest BCUT2D eigenvalue weighted by Crippen LogP contribution is 2.27. The van der Waals surface area contributed by atoms with Crippen LogP contribution in [0.5, 0.6) is 0 Å². The van der Waals surface area contributed by atoms with Gasteiger partial charge in [0.1, 0.15) is 5.82 Å². The number of aromatic nitrogens is 1. The molecule has 1 aromatic heterocycles. The minimum absolute atomic E-state index is 0.127. The quantitative estimate of drug-likeness (QED) is 0.919. The Morgan fingerprint density at radius 1 is 1.53 bits per heavy atom. The highest BCUT2D eigenvalue weighted by Gasteiger charge is 2.21. The van der Waals surface area contributed by atoms with Gasteiger partial charge in [-0.15, -0.1) is 0 Å². The van der Waals surface area contributed by atoms with Gasteiger partial charge in [-0.25, -0.2) is 9.78 Å². The number of carbonyl (C=O) groups is 1. The third-order valence-electron chi connectivity index (χ3n) is 3.71. The SMILES string of the molecule is CCCC1CCN(c2cc(C(=O)O)c(Cl)cn2)CC1. The zero-order chi connectivity index (χ0) is 13.8. The van der Waals surface area contributed by atoms with E-state index in [0.29, 0.717) is 0 Å². The number of carboxylic acids is 1. The number of carboxylic acid groups (broad SMARTS) is 1. The van der Waals surface area contributed by atoms with Crippen LogP contribution in [0.25, 0.3) is 0 Å². The third-order valence-corrected chi connectivity index (χ3v) is 4.01. The van der Waals surface area contributed by atoms with Crippen molar-refractivity contribution in [2.24, 2.45) is 5.92 Å². The fourth-order valence-corrected chi connectivity index (χ4v) is 2.81. The van der Waals surface area contributed by atoms with Crippen LogP contribution in [0.3, 0.4) is 0 Å². The van der Waals surface area contributed by atoms with Crippen molar-refractivity contribution in [3.05, 3.63) is 22.8 Å². The zero-order valence-electron chi connectivity index (χ0n) is 11.1. The summed E-state index contributed by atoms with van der Waals surface area (Å²) >= 11 is 5.83. The van der Waals surface area contributed by atoms with Crippen LogP contribution in [0.15, 0.2) is 12.3 Å². The molecule has 19 heavy (non-hydrogen) atoms. The van der Waals surface area contributed by atoms with E-state index in [9.17, 15) is 4.79 Å². The van der Waals surface area contributed by atoms with Crippen LogP contribution in [0.1, 0.15) is 43.0 Å². The molecule has 0 saturated carbocycles. The number of piperidine rings is 1. The summed E-state index contributed by atoms with van der Waals surface area (Å²) in [6, 6.07) is 1.57. The van der Waals surface area contributed by atoms with Crippen molar-refractivity contribution in [2.45, 2.75) is 32.6 Å². The summed E-state index contributed by atoms with van der Waals surface area (Å²) in [4.78, 5) is 17.5. The van der Waals surface area contributed by atoms with Gasteiger partial charge in [-0.1, -0.05) is 31.4 Å². The van der Waals surface area contributed by atoms with Crippen molar-refractivity contribution in [1.82, 2.24) is 4.98 Å². The predicted molar refractivity (Wildman–Crippen MR) is 76.1 cm³/mol. The fourth-order valence-electron chi connectivity index (χ4n) is 2.62. The van der Waals surface area contributed by atoms with Crippen molar-refractivity contribution < 1.29 is 9.90 Å². The van der Waals surface area contributed by atoms with Crippen LogP contribution < -0.4 is 4.90 Å². The third kappa shape index (κ3) is 3.38. The Morgan fingerprint density at radius 2 is 2.21 bits per heavy atom. The normalized spacial score (nSPS) is 16.6. The highest BCUT2D eigenvalue weighted by molar-refractivity contribution is 6.33. The molecule has 1 N–H and O–H groups in total. The Balaban J connectivity index is 2.07. The molecule has 1 fully saturated rings. The molecular weight excluding hydrogens is 264 g/mol. The molecule has 1 aromatic rings. The lowest BCUT2D eigenvalue weighted by molar-refractivity contribution is 0.0697. The molecule has 1 aliphatic heterocycles. The lowest BCUT2D eigenvalue weighted by atomic mass is 9.92. The molecule has 4 nitrogen and oxygen atoms in total. The topological polar surface area (TPSA) is 53.4 Å². The summed E-state index contributed by atoms with van der Waals surface area (Å²) in [6.07, 6.45) is 6.24. The molecule has 2 rings (SSSR count). The average molecular weight is 283 g/mol. The molecule has 2 heterocycles. The standard InChI is InChI=1S/C14H19ClN2O2/c1-2-3-10-4-6-17(7-5-10)13-8-11(14(18)19)12(15)9-16-13/h8-10H,2-7H2,1H3,(H,18,19). The Bertz CT molecular complexity index is 457. The summed E-state index contributed by atoms with van der Waals surface area (Å²) in [6.45, 7) is 4.10. The molecule has 0 radical (unpaired) electrons. The molecule has 0 spiro atoms. The highest BCUT2D eigenvalue weighted by atomic mass is 35.5. The van der Waals surface area contributed by atoms with Crippen LogP contribution in [-0.2, 0) is 0 Å². The van der Waals surface area contributed by atoms with E-state index in [1.165, 1.54) is 19.0 Å². The maximum Gasteiger partial charge on any atom is 0.337 e. The first kappa shape index (κ1) is 14.1. The number of aromatic carboxylic acids is 1. The van der Waals surface area contributed by atoms with Crippen molar-refractivity contribution in [2.75, 3.05) is 18.0 Å².